The smallest absolute Gasteiger partial charge is 0.232 e. The number of ether oxygens (including phenoxy) is 1. The molecule has 1 amide bonds. The molecule has 1 aromatic carbocycles. The minimum atomic E-state index is -0.461. The summed E-state index contributed by atoms with van der Waals surface area (Å²) in [6.45, 7) is 1.62. The van der Waals surface area contributed by atoms with E-state index in [1.54, 1.807) is 0 Å². The number of anilines is 1. The van der Waals surface area contributed by atoms with Gasteiger partial charge in [0.25, 0.3) is 0 Å². The molecule has 108 valence electrons. The highest BCUT2D eigenvalue weighted by Gasteiger charge is 2.38. The van der Waals surface area contributed by atoms with Gasteiger partial charge in [0, 0.05) is 25.4 Å². The van der Waals surface area contributed by atoms with Crippen molar-refractivity contribution in [2.24, 2.45) is 11.1 Å². The van der Waals surface area contributed by atoms with E-state index in [4.69, 9.17) is 10.5 Å². The van der Waals surface area contributed by atoms with Gasteiger partial charge in [-0.25, -0.2) is 0 Å². The van der Waals surface area contributed by atoms with Crippen LogP contribution in [0.25, 0.3) is 0 Å². The average Bonchev–Trinajstić information content (AvgIpc) is 2.95. The van der Waals surface area contributed by atoms with Gasteiger partial charge in [-0.15, -0.1) is 0 Å². The Kier molecular flexibility index (Phi) is 3.76. The number of carbonyl (C=O) groups excluding carboxylic acids is 1. The van der Waals surface area contributed by atoms with Crippen LogP contribution in [0.3, 0.4) is 0 Å². The first kappa shape index (κ1) is 13.6. The average molecular weight is 274 g/mol. The van der Waals surface area contributed by atoms with Gasteiger partial charge in [-0.2, -0.15) is 0 Å². The molecule has 0 atom stereocenters. The van der Waals surface area contributed by atoms with Gasteiger partial charge < -0.3 is 15.8 Å². The summed E-state index contributed by atoms with van der Waals surface area (Å²) >= 11 is 0. The first-order valence-electron chi connectivity index (χ1n) is 7.45. The molecule has 1 aromatic rings. The second-order valence-electron chi connectivity index (χ2n) is 5.89. The Labute approximate surface area is 119 Å². The number of nitrogens with one attached hydrogen (secondary N) is 1. The standard InChI is InChI=1S/C16H22N2O2/c17-11-16(6-8-20-9-7-16)15(19)18-14-5-4-12-2-1-3-13(12)10-14/h4-5,10H,1-3,6-9,11,17H2,(H,18,19). The fourth-order valence-corrected chi connectivity index (χ4v) is 3.20. The van der Waals surface area contributed by atoms with Gasteiger partial charge in [-0.1, -0.05) is 6.07 Å². The van der Waals surface area contributed by atoms with Gasteiger partial charge in [0.1, 0.15) is 0 Å². The fourth-order valence-electron chi connectivity index (χ4n) is 3.20. The Bertz CT molecular complexity index is 507. The van der Waals surface area contributed by atoms with Crippen LogP contribution in [-0.2, 0) is 22.4 Å². The maximum absolute atomic E-state index is 12.6. The van der Waals surface area contributed by atoms with Crippen molar-refractivity contribution in [3.05, 3.63) is 29.3 Å². The largest absolute Gasteiger partial charge is 0.381 e. The molecule has 1 fully saturated rings. The SMILES string of the molecule is NCC1(C(=O)Nc2ccc3c(c2)CCC3)CCOCC1. The van der Waals surface area contributed by atoms with E-state index in [0.29, 0.717) is 32.6 Å². The normalized spacial score (nSPS) is 20.4. The number of aryl methyl sites for hydroxylation is 2. The summed E-state index contributed by atoms with van der Waals surface area (Å²) in [5.41, 5.74) is 9.09. The molecule has 1 aliphatic heterocycles. The maximum Gasteiger partial charge on any atom is 0.232 e. The van der Waals surface area contributed by atoms with E-state index in [9.17, 15) is 4.79 Å². The zero-order valence-corrected chi connectivity index (χ0v) is 11.8. The van der Waals surface area contributed by atoms with Gasteiger partial charge in [-0.05, 0) is 55.4 Å². The van der Waals surface area contributed by atoms with Gasteiger partial charge >= 0.3 is 0 Å². The predicted octanol–water partition coefficient (Wildman–Crippen LogP) is 1.87. The van der Waals surface area contributed by atoms with Crippen LogP contribution in [0.2, 0.25) is 0 Å². The third-order valence-electron chi connectivity index (χ3n) is 4.68. The number of benzene rings is 1. The summed E-state index contributed by atoms with van der Waals surface area (Å²) in [7, 11) is 0. The van der Waals surface area contributed by atoms with E-state index in [1.165, 1.54) is 17.5 Å². The molecule has 20 heavy (non-hydrogen) atoms. The molecule has 2 aliphatic rings. The summed E-state index contributed by atoms with van der Waals surface area (Å²) in [6, 6.07) is 6.26. The molecular formula is C16H22N2O2. The number of nitrogens with two attached hydrogens (primary N) is 1. The van der Waals surface area contributed by atoms with Crippen molar-refractivity contribution in [1.82, 2.24) is 0 Å². The lowest BCUT2D eigenvalue weighted by atomic mass is 9.79. The van der Waals surface area contributed by atoms with E-state index in [-0.39, 0.29) is 5.91 Å². The number of fused-ring (bicyclic) bond motifs is 1. The summed E-state index contributed by atoms with van der Waals surface area (Å²) < 4.78 is 5.35. The molecule has 0 unspecified atom stereocenters. The maximum atomic E-state index is 12.6. The van der Waals surface area contributed by atoms with Crippen LogP contribution >= 0.6 is 0 Å². The Morgan fingerprint density at radius 1 is 1.25 bits per heavy atom. The lowest BCUT2D eigenvalue weighted by Crippen LogP contribution is -2.46. The lowest BCUT2D eigenvalue weighted by Gasteiger charge is -2.34. The Hall–Kier alpha value is -1.39. The van der Waals surface area contributed by atoms with Crippen LogP contribution in [0, 0.1) is 5.41 Å². The van der Waals surface area contributed by atoms with Crippen LogP contribution in [0.1, 0.15) is 30.4 Å². The third kappa shape index (κ3) is 2.45. The van der Waals surface area contributed by atoms with Crippen LogP contribution in [0.5, 0.6) is 0 Å². The first-order valence-corrected chi connectivity index (χ1v) is 7.45. The van der Waals surface area contributed by atoms with Crippen molar-refractivity contribution in [3.8, 4) is 0 Å². The summed E-state index contributed by atoms with van der Waals surface area (Å²) in [5.74, 6) is 0.0428. The van der Waals surface area contributed by atoms with Gasteiger partial charge in [0.2, 0.25) is 5.91 Å². The Morgan fingerprint density at radius 2 is 2.00 bits per heavy atom. The van der Waals surface area contributed by atoms with Gasteiger partial charge in [-0.3, -0.25) is 4.79 Å². The van der Waals surface area contributed by atoms with E-state index in [1.807, 2.05) is 6.07 Å². The summed E-state index contributed by atoms with van der Waals surface area (Å²) in [6.07, 6.45) is 4.92. The lowest BCUT2D eigenvalue weighted by molar-refractivity contribution is -0.130. The minimum absolute atomic E-state index is 0.0428. The highest BCUT2D eigenvalue weighted by molar-refractivity contribution is 5.95. The van der Waals surface area contributed by atoms with E-state index < -0.39 is 5.41 Å². The highest BCUT2D eigenvalue weighted by Crippen LogP contribution is 2.32. The second-order valence-corrected chi connectivity index (χ2v) is 5.89. The Balaban J connectivity index is 1.74. The molecule has 1 saturated heterocycles. The molecule has 0 aromatic heterocycles. The van der Waals surface area contributed by atoms with Crippen molar-refractivity contribution in [2.45, 2.75) is 32.1 Å². The number of hydrogen-bond acceptors (Lipinski definition) is 3. The summed E-state index contributed by atoms with van der Waals surface area (Å²) in [4.78, 5) is 12.6. The van der Waals surface area contributed by atoms with Gasteiger partial charge in [0.05, 0.1) is 5.41 Å². The van der Waals surface area contributed by atoms with Crippen molar-refractivity contribution in [2.75, 3.05) is 25.1 Å². The van der Waals surface area contributed by atoms with Crippen LogP contribution in [0.15, 0.2) is 18.2 Å². The van der Waals surface area contributed by atoms with E-state index in [2.05, 4.69) is 17.4 Å². The number of hydrogen-bond donors (Lipinski definition) is 2. The minimum Gasteiger partial charge on any atom is -0.381 e. The molecule has 1 aliphatic carbocycles. The van der Waals surface area contributed by atoms with Crippen molar-refractivity contribution < 1.29 is 9.53 Å². The number of rotatable bonds is 3. The quantitative estimate of drug-likeness (QED) is 0.884. The monoisotopic (exact) mass is 274 g/mol. The molecule has 0 bridgehead atoms. The third-order valence-corrected chi connectivity index (χ3v) is 4.68. The molecular weight excluding hydrogens is 252 g/mol. The van der Waals surface area contributed by atoms with E-state index in [0.717, 1.165) is 18.5 Å². The number of carbonyl (C=O) groups is 1. The zero-order chi connectivity index (χ0) is 14.0. The molecule has 0 spiro atoms. The molecule has 3 rings (SSSR count). The second kappa shape index (κ2) is 5.54. The highest BCUT2D eigenvalue weighted by atomic mass is 16.5. The van der Waals surface area contributed by atoms with Crippen molar-refractivity contribution in [1.29, 1.82) is 0 Å². The van der Waals surface area contributed by atoms with Gasteiger partial charge in [0.15, 0.2) is 0 Å². The fraction of sp³-hybridized carbons (Fsp3) is 0.562. The predicted molar refractivity (Wildman–Crippen MR) is 78.6 cm³/mol. The van der Waals surface area contributed by atoms with Crippen molar-refractivity contribution in [3.63, 3.8) is 0 Å². The Morgan fingerprint density at radius 3 is 2.75 bits per heavy atom. The molecule has 4 heteroatoms. The number of amides is 1. The topological polar surface area (TPSA) is 64.4 Å². The van der Waals surface area contributed by atoms with Crippen molar-refractivity contribution >= 4 is 11.6 Å². The molecule has 3 N–H and O–H groups in total. The first-order chi connectivity index (χ1) is 9.73. The molecule has 0 radical (unpaired) electrons. The van der Waals surface area contributed by atoms with E-state index >= 15 is 0 Å². The summed E-state index contributed by atoms with van der Waals surface area (Å²) in [5, 5.41) is 3.06. The molecule has 0 saturated carbocycles. The van der Waals surface area contributed by atoms with Crippen LogP contribution in [-0.4, -0.2) is 25.7 Å². The van der Waals surface area contributed by atoms with Crippen LogP contribution in [0.4, 0.5) is 5.69 Å². The zero-order valence-electron chi connectivity index (χ0n) is 11.8. The molecule has 1 heterocycles. The van der Waals surface area contributed by atoms with Crippen LogP contribution < -0.4 is 11.1 Å². The molecule has 4 nitrogen and oxygen atoms in total.